The number of esters is 1. The molecule has 10 nitrogen and oxygen atoms in total. The minimum Gasteiger partial charge on any atom is -0.460 e. The molecule has 2 heterocycles. The topological polar surface area (TPSA) is 146 Å². The van der Waals surface area contributed by atoms with Crippen LogP contribution in [0.2, 0.25) is 0 Å². The monoisotopic (exact) mass is 544 g/mol. The Labute approximate surface area is 221 Å². The number of carbonyl (C=O) groups excluding carboxylic acids is 4. The van der Waals surface area contributed by atoms with Gasteiger partial charge in [0.05, 0.1) is 18.2 Å². The highest BCUT2D eigenvalue weighted by Gasteiger charge is 2.34. The van der Waals surface area contributed by atoms with E-state index in [4.69, 9.17) is 4.74 Å². The molecular weight excluding hydrogens is 504 g/mol. The zero-order chi connectivity index (χ0) is 26.8. The minimum absolute atomic E-state index is 0.0690. The minimum atomic E-state index is -1.29. The molecule has 0 aromatic heterocycles. The maximum absolute atomic E-state index is 13.2. The molecule has 2 saturated heterocycles. The number of ether oxygens (including phenoxy) is 1. The molecule has 3 amide bonds. The van der Waals surface area contributed by atoms with E-state index in [1.54, 1.807) is 31.6 Å². The molecule has 2 aliphatic rings. The molecule has 36 heavy (non-hydrogen) atoms. The van der Waals surface area contributed by atoms with Gasteiger partial charge in [-0.1, -0.05) is 55.4 Å². The molecule has 2 aliphatic heterocycles. The maximum Gasteiger partial charge on any atom is 0.329 e. The second kappa shape index (κ2) is 14.7. The standard InChI is InChI=1S/C24H40N4O6S2/c1-6-16-21(30)28-20(14(4)5)24(33)34-15-9-7-8-10-35-36-12-17(22(31)25-16)26-23(32)19(13(2)3)27-18(29)11-15/h6,13-15,17,19-20,22,25,31H,7-12H2,1-5H3,(H,26,32)(H,27,29)(H,28,30)/b16-6-/t15-,17-,19-,20+,22?/m1/s1. The van der Waals surface area contributed by atoms with E-state index in [0.717, 1.165) is 18.6 Å². The third-order valence-electron chi connectivity index (χ3n) is 6.05. The van der Waals surface area contributed by atoms with Gasteiger partial charge >= 0.3 is 5.97 Å². The summed E-state index contributed by atoms with van der Waals surface area (Å²) in [4.78, 5) is 52.2. The summed E-state index contributed by atoms with van der Waals surface area (Å²) in [5.74, 6) is -1.33. The van der Waals surface area contributed by atoms with E-state index in [1.165, 1.54) is 16.9 Å². The Kier molecular flexibility index (Phi) is 12.4. The van der Waals surface area contributed by atoms with E-state index in [0.29, 0.717) is 12.2 Å². The molecule has 0 spiro atoms. The van der Waals surface area contributed by atoms with Crippen LogP contribution in [0.25, 0.3) is 0 Å². The van der Waals surface area contributed by atoms with Crippen molar-refractivity contribution in [2.75, 3.05) is 11.5 Å². The van der Waals surface area contributed by atoms with E-state index in [9.17, 15) is 24.3 Å². The van der Waals surface area contributed by atoms with Crippen LogP contribution in [0.15, 0.2) is 11.8 Å². The Balaban J connectivity index is 2.51. The lowest BCUT2D eigenvalue weighted by Gasteiger charge is -2.30. The predicted octanol–water partition coefficient (Wildman–Crippen LogP) is 1.45. The molecule has 12 heteroatoms. The molecular formula is C24H40N4O6S2. The second-order valence-electron chi connectivity index (χ2n) is 9.76. The van der Waals surface area contributed by atoms with Crippen molar-refractivity contribution in [1.82, 2.24) is 21.3 Å². The smallest absolute Gasteiger partial charge is 0.329 e. The van der Waals surface area contributed by atoms with Gasteiger partial charge in [-0.25, -0.2) is 4.79 Å². The van der Waals surface area contributed by atoms with Crippen molar-refractivity contribution < 1.29 is 29.0 Å². The summed E-state index contributed by atoms with van der Waals surface area (Å²) in [6.45, 7) is 8.85. The summed E-state index contributed by atoms with van der Waals surface area (Å²) < 4.78 is 5.75. The van der Waals surface area contributed by atoms with Crippen molar-refractivity contribution in [1.29, 1.82) is 0 Å². The number of aliphatic hydroxyl groups is 1. The molecule has 0 aromatic carbocycles. The molecule has 5 N–H and O–H groups in total. The molecule has 2 rings (SSSR count). The van der Waals surface area contributed by atoms with E-state index < -0.39 is 54.1 Å². The number of nitrogens with one attached hydrogen (secondary N) is 4. The Morgan fingerprint density at radius 3 is 2.28 bits per heavy atom. The number of carbonyl (C=O) groups is 4. The first kappa shape index (κ1) is 30.3. The molecule has 0 radical (unpaired) electrons. The lowest BCUT2D eigenvalue weighted by molar-refractivity contribution is -0.156. The normalized spacial score (nSPS) is 31.2. The lowest BCUT2D eigenvalue weighted by atomic mass is 10.0. The van der Waals surface area contributed by atoms with Crippen LogP contribution >= 0.6 is 21.6 Å². The van der Waals surface area contributed by atoms with Crippen molar-refractivity contribution >= 4 is 45.3 Å². The average Bonchev–Trinajstić information content (AvgIpc) is 2.81. The summed E-state index contributed by atoms with van der Waals surface area (Å²) in [6.07, 6.45) is 1.53. The largest absolute Gasteiger partial charge is 0.460 e. The summed E-state index contributed by atoms with van der Waals surface area (Å²) in [6, 6.07) is -2.52. The van der Waals surface area contributed by atoms with E-state index in [2.05, 4.69) is 21.3 Å². The van der Waals surface area contributed by atoms with Gasteiger partial charge in [-0.05, 0) is 38.0 Å². The molecule has 0 aliphatic carbocycles. The first-order valence-corrected chi connectivity index (χ1v) is 15.0. The fourth-order valence-electron chi connectivity index (χ4n) is 3.87. The van der Waals surface area contributed by atoms with Gasteiger partial charge in [-0.3, -0.25) is 14.4 Å². The van der Waals surface area contributed by atoms with Crippen LogP contribution in [0.5, 0.6) is 0 Å². The SMILES string of the molecule is C/C=C1\NC(O)[C@H]2CSSCCCC[C@H](CC(=O)N[C@H](C(C)C)C(=O)N2)OC(=O)[C@H](C(C)C)NC1=O. The quantitative estimate of drug-likeness (QED) is 0.198. The zero-order valence-electron chi connectivity index (χ0n) is 21.7. The van der Waals surface area contributed by atoms with Gasteiger partial charge in [0.1, 0.15) is 24.4 Å². The summed E-state index contributed by atoms with van der Waals surface area (Å²) >= 11 is 0. The highest BCUT2D eigenvalue weighted by atomic mass is 33.1. The summed E-state index contributed by atoms with van der Waals surface area (Å²) in [5, 5.41) is 22.1. The van der Waals surface area contributed by atoms with Gasteiger partial charge in [0.25, 0.3) is 5.91 Å². The van der Waals surface area contributed by atoms with Crippen molar-refractivity contribution in [2.24, 2.45) is 11.8 Å². The first-order chi connectivity index (χ1) is 17.0. The van der Waals surface area contributed by atoms with E-state index in [1.807, 2.05) is 13.8 Å². The number of aliphatic hydroxyl groups excluding tert-OH is 1. The third-order valence-corrected chi connectivity index (χ3v) is 8.57. The molecule has 204 valence electrons. The predicted molar refractivity (Wildman–Crippen MR) is 142 cm³/mol. The van der Waals surface area contributed by atoms with Crippen LogP contribution in [0.3, 0.4) is 0 Å². The van der Waals surface area contributed by atoms with Crippen LogP contribution < -0.4 is 21.3 Å². The van der Waals surface area contributed by atoms with E-state index in [-0.39, 0.29) is 24.0 Å². The summed E-state index contributed by atoms with van der Waals surface area (Å²) in [7, 11) is 3.14. The zero-order valence-corrected chi connectivity index (χ0v) is 23.3. The Hall–Kier alpha value is -1.92. The molecule has 2 bridgehead atoms. The Morgan fingerprint density at radius 2 is 1.64 bits per heavy atom. The Bertz CT molecular complexity index is 822. The van der Waals surface area contributed by atoms with Gasteiger partial charge in [0.15, 0.2) is 0 Å². The molecule has 5 atom stereocenters. The van der Waals surface area contributed by atoms with Crippen LogP contribution in [0, 0.1) is 11.8 Å². The average molecular weight is 545 g/mol. The van der Waals surface area contributed by atoms with Crippen molar-refractivity contribution in [3.05, 3.63) is 11.8 Å². The van der Waals surface area contributed by atoms with Gasteiger partial charge in [0.2, 0.25) is 11.8 Å². The number of rotatable bonds is 2. The van der Waals surface area contributed by atoms with Gasteiger partial charge in [-0.15, -0.1) is 0 Å². The third kappa shape index (κ3) is 9.19. The van der Waals surface area contributed by atoms with Crippen molar-refractivity contribution in [3.63, 3.8) is 0 Å². The van der Waals surface area contributed by atoms with Gasteiger partial charge < -0.3 is 31.1 Å². The lowest BCUT2D eigenvalue weighted by Crippen LogP contribution is -2.58. The van der Waals surface area contributed by atoms with Gasteiger partial charge in [-0.2, -0.15) is 0 Å². The molecule has 0 saturated carbocycles. The van der Waals surface area contributed by atoms with Gasteiger partial charge in [0, 0.05) is 11.5 Å². The Morgan fingerprint density at radius 1 is 0.944 bits per heavy atom. The molecule has 2 fully saturated rings. The second-order valence-corrected chi connectivity index (χ2v) is 12.4. The highest BCUT2D eigenvalue weighted by Crippen LogP contribution is 2.25. The van der Waals surface area contributed by atoms with Crippen LogP contribution in [-0.4, -0.2) is 70.8 Å². The fourth-order valence-corrected chi connectivity index (χ4v) is 6.25. The number of hydrogen-bond acceptors (Lipinski definition) is 9. The number of fused-ring (bicyclic) bond motifs is 7. The molecule has 0 aromatic rings. The van der Waals surface area contributed by atoms with Crippen molar-refractivity contribution in [3.8, 4) is 0 Å². The molecule has 1 unspecified atom stereocenters. The highest BCUT2D eigenvalue weighted by molar-refractivity contribution is 8.76. The van der Waals surface area contributed by atoms with Crippen LogP contribution in [-0.2, 0) is 23.9 Å². The number of allylic oxidation sites excluding steroid dienone is 1. The van der Waals surface area contributed by atoms with E-state index >= 15 is 0 Å². The first-order valence-electron chi connectivity index (χ1n) is 12.5. The maximum atomic E-state index is 13.2. The number of hydrogen-bond donors (Lipinski definition) is 5. The number of amides is 3. The fraction of sp³-hybridized carbons (Fsp3) is 0.750. The van der Waals surface area contributed by atoms with Crippen LogP contribution in [0.1, 0.15) is 60.3 Å². The summed E-state index contributed by atoms with van der Waals surface area (Å²) in [5.41, 5.74) is 0.0690. The van der Waals surface area contributed by atoms with Crippen molar-refractivity contribution in [2.45, 2.75) is 90.8 Å². The van der Waals surface area contributed by atoms with Crippen LogP contribution in [0.4, 0.5) is 0 Å².